The minimum atomic E-state index is -3.24. The molecule has 1 saturated carbocycles. The highest BCUT2D eigenvalue weighted by Crippen LogP contribution is 2.53. The molecule has 1 aromatic carbocycles. The van der Waals surface area contributed by atoms with Gasteiger partial charge >= 0.3 is 0 Å². The summed E-state index contributed by atoms with van der Waals surface area (Å²) in [7, 11) is 0. The Bertz CT molecular complexity index is 530. The van der Waals surface area contributed by atoms with Crippen LogP contribution in [-0.2, 0) is 12.3 Å². The maximum atomic E-state index is 14.6. The van der Waals surface area contributed by atoms with E-state index in [4.69, 9.17) is 0 Å². The van der Waals surface area contributed by atoms with Gasteiger partial charge in [-0.3, -0.25) is 0 Å². The maximum absolute atomic E-state index is 14.6. The Hall–Kier alpha value is -1.06. The highest BCUT2D eigenvalue weighted by molar-refractivity contribution is 5.39. The van der Waals surface area contributed by atoms with Crippen molar-refractivity contribution in [1.82, 2.24) is 0 Å². The van der Waals surface area contributed by atoms with E-state index in [0.717, 1.165) is 38.2 Å². The fourth-order valence-corrected chi connectivity index (χ4v) is 4.13. The second-order valence-corrected chi connectivity index (χ2v) is 6.52. The number of hydrogen-bond donors (Lipinski definition) is 0. The van der Waals surface area contributed by atoms with Crippen LogP contribution in [0.15, 0.2) is 12.1 Å². The molecule has 3 rings (SSSR count). The van der Waals surface area contributed by atoms with Crippen molar-refractivity contribution in [2.75, 3.05) is 0 Å². The minimum Gasteiger partial charge on any atom is -0.204 e. The van der Waals surface area contributed by atoms with E-state index in [2.05, 4.69) is 6.92 Å². The Morgan fingerprint density at radius 1 is 1.10 bits per heavy atom. The topological polar surface area (TPSA) is 0 Å². The summed E-state index contributed by atoms with van der Waals surface area (Å²) < 4.78 is 56.3. The fourth-order valence-electron chi connectivity index (χ4n) is 4.13. The lowest BCUT2D eigenvalue weighted by molar-refractivity contribution is -0.0842. The second kappa shape index (κ2) is 5.29. The van der Waals surface area contributed by atoms with Crippen molar-refractivity contribution in [2.24, 2.45) is 17.8 Å². The van der Waals surface area contributed by atoms with E-state index in [9.17, 15) is 17.6 Å². The second-order valence-electron chi connectivity index (χ2n) is 6.52. The molecule has 1 fully saturated rings. The summed E-state index contributed by atoms with van der Waals surface area (Å²) in [6.07, 6.45) is 4.75. The van der Waals surface area contributed by atoms with Gasteiger partial charge in [0.1, 0.15) is 0 Å². The van der Waals surface area contributed by atoms with Crippen molar-refractivity contribution in [3.63, 3.8) is 0 Å². The van der Waals surface area contributed by atoms with E-state index in [1.54, 1.807) is 0 Å². The van der Waals surface area contributed by atoms with Gasteiger partial charge in [0.2, 0.25) is 0 Å². The van der Waals surface area contributed by atoms with Gasteiger partial charge in [-0.1, -0.05) is 32.3 Å². The monoisotopic (exact) mass is 300 g/mol. The first-order chi connectivity index (χ1) is 9.95. The van der Waals surface area contributed by atoms with Crippen molar-refractivity contribution in [1.29, 1.82) is 0 Å². The van der Waals surface area contributed by atoms with Crippen molar-refractivity contribution in [3.05, 3.63) is 34.9 Å². The van der Waals surface area contributed by atoms with Crippen molar-refractivity contribution < 1.29 is 17.6 Å². The van der Waals surface area contributed by atoms with Gasteiger partial charge in [0, 0.05) is 5.92 Å². The van der Waals surface area contributed by atoms with Gasteiger partial charge in [0.15, 0.2) is 11.6 Å². The normalized spacial score (nSPS) is 31.2. The highest BCUT2D eigenvalue weighted by Gasteiger charge is 2.53. The third-order valence-corrected chi connectivity index (χ3v) is 5.46. The molecule has 0 saturated heterocycles. The summed E-state index contributed by atoms with van der Waals surface area (Å²) in [5.74, 6) is -6.11. The van der Waals surface area contributed by atoms with Crippen molar-refractivity contribution >= 4 is 0 Å². The third-order valence-electron chi connectivity index (χ3n) is 5.46. The molecule has 1 unspecified atom stereocenters. The number of rotatable bonds is 2. The van der Waals surface area contributed by atoms with E-state index >= 15 is 0 Å². The van der Waals surface area contributed by atoms with Crippen LogP contribution in [0.3, 0.4) is 0 Å². The third kappa shape index (κ3) is 2.36. The first kappa shape index (κ1) is 14.9. The quantitative estimate of drug-likeness (QED) is 0.637. The van der Waals surface area contributed by atoms with Gasteiger partial charge in [-0.05, 0) is 42.7 Å². The van der Waals surface area contributed by atoms with Crippen LogP contribution in [0.2, 0.25) is 0 Å². The van der Waals surface area contributed by atoms with E-state index in [0.29, 0.717) is 5.92 Å². The molecule has 116 valence electrons. The zero-order chi connectivity index (χ0) is 15.2. The molecule has 21 heavy (non-hydrogen) atoms. The first-order valence-electron chi connectivity index (χ1n) is 7.80. The summed E-state index contributed by atoms with van der Waals surface area (Å²) in [5, 5.41) is 0. The molecule has 0 bridgehead atoms. The van der Waals surface area contributed by atoms with Gasteiger partial charge < -0.3 is 0 Å². The minimum absolute atomic E-state index is 0.0855. The number of halogens is 4. The van der Waals surface area contributed by atoms with Crippen LogP contribution < -0.4 is 0 Å². The fraction of sp³-hybridized carbons (Fsp3) is 0.647. The Balaban J connectivity index is 1.86. The predicted octanol–water partition coefficient (Wildman–Crippen LogP) is 5.45. The summed E-state index contributed by atoms with van der Waals surface area (Å²) in [6.45, 7) is 2.13. The Labute approximate surface area is 122 Å². The molecule has 0 nitrogen and oxygen atoms in total. The van der Waals surface area contributed by atoms with Gasteiger partial charge in [-0.25, -0.2) is 17.6 Å². The van der Waals surface area contributed by atoms with Crippen molar-refractivity contribution in [3.8, 4) is 0 Å². The molecule has 1 atom stereocenters. The largest absolute Gasteiger partial charge is 0.279 e. The standard InChI is InChI=1S/C17H20F4/c1-2-10-3-5-11(6-4-10)13-9-12-7-8-14(18)16(19)15(12)17(13,20)21/h7-8,10-11,13H,2-6,9H2,1H3. The Kier molecular flexibility index (Phi) is 3.74. The van der Waals surface area contributed by atoms with Crippen LogP contribution in [-0.4, -0.2) is 0 Å². The summed E-state index contributed by atoms with van der Waals surface area (Å²) in [6, 6.07) is 2.28. The summed E-state index contributed by atoms with van der Waals surface area (Å²) in [5.41, 5.74) is -0.411. The van der Waals surface area contributed by atoms with Crippen LogP contribution in [0.5, 0.6) is 0 Å². The van der Waals surface area contributed by atoms with Crippen molar-refractivity contribution in [2.45, 2.75) is 51.4 Å². The van der Waals surface area contributed by atoms with Gasteiger partial charge in [-0.2, -0.15) is 0 Å². The van der Waals surface area contributed by atoms with Gasteiger partial charge in [0.25, 0.3) is 5.92 Å². The average molecular weight is 300 g/mol. The highest BCUT2D eigenvalue weighted by atomic mass is 19.3. The van der Waals surface area contributed by atoms with Crippen LogP contribution in [0.1, 0.15) is 50.2 Å². The SMILES string of the molecule is CCC1CCC(C2Cc3ccc(F)c(F)c3C2(F)F)CC1. The first-order valence-corrected chi connectivity index (χ1v) is 7.80. The molecule has 0 amide bonds. The van der Waals surface area contributed by atoms with E-state index < -0.39 is 29.0 Å². The molecule has 2 aliphatic carbocycles. The van der Waals surface area contributed by atoms with Crippen LogP contribution in [0, 0.1) is 29.4 Å². The van der Waals surface area contributed by atoms with Gasteiger partial charge in [-0.15, -0.1) is 0 Å². The Morgan fingerprint density at radius 3 is 2.38 bits per heavy atom. The molecule has 2 aliphatic rings. The molecule has 0 aliphatic heterocycles. The molecule has 4 heteroatoms. The molecule has 0 heterocycles. The van der Waals surface area contributed by atoms with Crippen LogP contribution in [0.4, 0.5) is 17.6 Å². The summed E-state index contributed by atoms with van der Waals surface area (Å²) in [4.78, 5) is 0. The molecule has 1 aromatic rings. The molecular formula is C17H20F4. The van der Waals surface area contributed by atoms with E-state index in [-0.39, 0.29) is 17.9 Å². The van der Waals surface area contributed by atoms with E-state index in [1.165, 1.54) is 6.07 Å². The lowest BCUT2D eigenvalue weighted by atomic mass is 9.73. The molecule has 0 spiro atoms. The molecule has 0 N–H and O–H groups in total. The zero-order valence-electron chi connectivity index (χ0n) is 12.1. The number of fused-ring (bicyclic) bond motifs is 1. The van der Waals surface area contributed by atoms with E-state index in [1.807, 2.05) is 0 Å². The lowest BCUT2D eigenvalue weighted by Crippen LogP contribution is -2.31. The van der Waals surface area contributed by atoms with Crippen LogP contribution in [0.25, 0.3) is 0 Å². The number of alkyl halides is 2. The predicted molar refractivity (Wildman–Crippen MR) is 73.2 cm³/mol. The Morgan fingerprint density at radius 2 is 1.76 bits per heavy atom. The van der Waals surface area contributed by atoms with Crippen LogP contribution >= 0.6 is 0 Å². The molecule has 0 aromatic heterocycles. The lowest BCUT2D eigenvalue weighted by Gasteiger charge is -2.34. The number of hydrogen-bond acceptors (Lipinski definition) is 0. The summed E-state index contributed by atoms with van der Waals surface area (Å²) >= 11 is 0. The maximum Gasteiger partial charge on any atom is 0.279 e. The molecule has 0 radical (unpaired) electrons. The van der Waals surface area contributed by atoms with Gasteiger partial charge in [0.05, 0.1) is 5.56 Å². The zero-order valence-corrected chi connectivity index (χ0v) is 12.1. The smallest absolute Gasteiger partial charge is 0.204 e. The number of benzene rings is 1. The average Bonchev–Trinajstić information content (AvgIpc) is 2.75. The molecular weight excluding hydrogens is 280 g/mol.